The maximum Gasteiger partial charge on any atom is 0.250 e. The zero-order chi connectivity index (χ0) is 24.6. The fraction of sp³-hybridized carbons (Fsp3) is 0.385. The number of thioether (sulfide) groups is 1. The van der Waals surface area contributed by atoms with Crippen molar-refractivity contribution < 1.29 is 14.3 Å². The van der Waals surface area contributed by atoms with Crippen molar-refractivity contribution in [2.45, 2.75) is 50.2 Å². The van der Waals surface area contributed by atoms with Gasteiger partial charge in [0.05, 0.1) is 26.2 Å². The summed E-state index contributed by atoms with van der Waals surface area (Å²) in [7, 11) is 3.17. The summed E-state index contributed by atoms with van der Waals surface area (Å²) in [6.45, 7) is 2.07. The fourth-order valence-electron chi connectivity index (χ4n) is 4.20. The molecule has 9 heteroatoms. The van der Waals surface area contributed by atoms with E-state index in [2.05, 4.69) is 56.5 Å². The minimum Gasteiger partial charge on any atom is -0.497 e. The molecule has 1 heterocycles. The van der Waals surface area contributed by atoms with Gasteiger partial charge in [-0.2, -0.15) is 5.10 Å². The summed E-state index contributed by atoms with van der Waals surface area (Å²) in [6.07, 6.45) is 7.42. The summed E-state index contributed by atoms with van der Waals surface area (Å²) in [5.74, 6) is 2.14. The summed E-state index contributed by atoms with van der Waals surface area (Å²) in [6, 6.07) is 14.1. The Morgan fingerprint density at radius 3 is 2.60 bits per heavy atom. The van der Waals surface area contributed by atoms with Gasteiger partial charge in [-0.15, -0.1) is 10.2 Å². The van der Waals surface area contributed by atoms with Crippen LogP contribution in [0.15, 0.2) is 52.7 Å². The fourth-order valence-corrected chi connectivity index (χ4v) is 5.00. The van der Waals surface area contributed by atoms with Crippen LogP contribution in [0.5, 0.6) is 11.5 Å². The van der Waals surface area contributed by atoms with Gasteiger partial charge in [-0.25, -0.2) is 5.43 Å². The lowest BCUT2D eigenvalue weighted by Crippen LogP contribution is -2.20. The van der Waals surface area contributed by atoms with E-state index in [1.807, 2.05) is 12.1 Å². The Morgan fingerprint density at radius 1 is 1.11 bits per heavy atom. The molecule has 1 N–H and O–H groups in total. The maximum absolute atomic E-state index is 12.5. The van der Waals surface area contributed by atoms with Crippen LogP contribution in [0.4, 0.5) is 0 Å². The van der Waals surface area contributed by atoms with Crippen molar-refractivity contribution in [1.29, 1.82) is 0 Å². The highest BCUT2D eigenvalue weighted by Crippen LogP contribution is 2.35. The summed E-state index contributed by atoms with van der Waals surface area (Å²) in [5, 5.41) is 13.8. The number of ether oxygens (including phenoxy) is 2. The second-order valence-corrected chi connectivity index (χ2v) is 9.47. The quantitative estimate of drug-likeness (QED) is 0.256. The molecule has 184 valence electrons. The van der Waals surface area contributed by atoms with Gasteiger partial charge in [0.25, 0.3) is 5.91 Å². The molecule has 3 aromatic rings. The zero-order valence-corrected chi connectivity index (χ0v) is 21.2. The van der Waals surface area contributed by atoms with E-state index in [0.29, 0.717) is 17.5 Å². The third-order valence-electron chi connectivity index (χ3n) is 6.08. The topological polar surface area (TPSA) is 90.6 Å². The Labute approximate surface area is 210 Å². The van der Waals surface area contributed by atoms with Crippen LogP contribution in [0.3, 0.4) is 0 Å². The molecule has 8 nitrogen and oxygen atoms in total. The first-order valence-corrected chi connectivity index (χ1v) is 12.8. The zero-order valence-electron chi connectivity index (χ0n) is 20.4. The van der Waals surface area contributed by atoms with E-state index >= 15 is 0 Å². The third-order valence-corrected chi connectivity index (χ3v) is 7.02. The van der Waals surface area contributed by atoms with Crippen molar-refractivity contribution in [3.8, 4) is 22.9 Å². The maximum atomic E-state index is 12.5. The van der Waals surface area contributed by atoms with Gasteiger partial charge in [-0.1, -0.05) is 60.9 Å². The van der Waals surface area contributed by atoms with Crippen LogP contribution in [0.25, 0.3) is 11.4 Å². The molecule has 4 rings (SSSR count). The number of benzene rings is 2. The number of methoxy groups -OCH3 is 2. The average Bonchev–Trinajstić information content (AvgIpc) is 3.32. The molecule has 1 aromatic heterocycles. The molecule has 0 saturated heterocycles. The highest BCUT2D eigenvalue weighted by molar-refractivity contribution is 7.99. The number of hydrazone groups is 1. The van der Waals surface area contributed by atoms with Crippen molar-refractivity contribution in [3.63, 3.8) is 0 Å². The van der Waals surface area contributed by atoms with Gasteiger partial charge in [0.1, 0.15) is 11.5 Å². The number of aryl methyl sites for hydroxylation is 1. The van der Waals surface area contributed by atoms with Gasteiger partial charge in [0.15, 0.2) is 11.0 Å². The molecule has 1 fully saturated rings. The third kappa shape index (κ3) is 6.22. The predicted octanol–water partition coefficient (Wildman–Crippen LogP) is 5.02. The molecule has 0 aliphatic heterocycles. The Kier molecular flexibility index (Phi) is 8.41. The number of nitrogens with one attached hydrogen (secondary N) is 1. The summed E-state index contributed by atoms with van der Waals surface area (Å²) in [4.78, 5) is 12.5. The van der Waals surface area contributed by atoms with Crippen LogP contribution in [-0.2, 0) is 4.79 Å². The first-order valence-electron chi connectivity index (χ1n) is 11.8. The SMILES string of the molecule is COc1ccc(C=NNC(=O)CSc2nnc(-c3ccc(C)cc3)n2C2CCCCC2)c(OC)c1. The Balaban J connectivity index is 1.44. The molecule has 0 bridgehead atoms. The first-order chi connectivity index (χ1) is 17.1. The van der Waals surface area contributed by atoms with E-state index in [0.717, 1.165) is 34.9 Å². The monoisotopic (exact) mass is 493 g/mol. The summed E-state index contributed by atoms with van der Waals surface area (Å²) >= 11 is 1.39. The van der Waals surface area contributed by atoms with Gasteiger partial charge >= 0.3 is 0 Å². The Morgan fingerprint density at radius 2 is 1.89 bits per heavy atom. The van der Waals surface area contributed by atoms with E-state index in [4.69, 9.17) is 9.47 Å². The number of carbonyl (C=O) groups is 1. The average molecular weight is 494 g/mol. The van der Waals surface area contributed by atoms with Crippen molar-refractivity contribution >= 4 is 23.9 Å². The van der Waals surface area contributed by atoms with Crippen molar-refractivity contribution in [1.82, 2.24) is 20.2 Å². The number of amides is 1. The number of carbonyl (C=O) groups excluding carboxylic acids is 1. The van der Waals surface area contributed by atoms with Crippen LogP contribution in [-0.4, -0.2) is 46.9 Å². The molecule has 0 radical (unpaired) electrons. The normalized spacial score (nSPS) is 14.3. The number of rotatable bonds is 9. The van der Waals surface area contributed by atoms with Gasteiger partial charge in [-0.05, 0) is 31.9 Å². The van der Waals surface area contributed by atoms with E-state index in [9.17, 15) is 4.79 Å². The van der Waals surface area contributed by atoms with Gasteiger partial charge in [-0.3, -0.25) is 9.36 Å². The van der Waals surface area contributed by atoms with E-state index in [1.54, 1.807) is 26.5 Å². The van der Waals surface area contributed by atoms with E-state index in [1.165, 1.54) is 36.6 Å². The smallest absolute Gasteiger partial charge is 0.250 e. The predicted molar refractivity (Wildman–Crippen MR) is 138 cm³/mol. The molecule has 1 aliphatic carbocycles. The van der Waals surface area contributed by atoms with Crippen LogP contribution in [0.1, 0.15) is 49.3 Å². The highest BCUT2D eigenvalue weighted by Gasteiger charge is 2.24. The highest BCUT2D eigenvalue weighted by atomic mass is 32.2. The molecule has 0 atom stereocenters. The second-order valence-electron chi connectivity index (χ2n) is 8.52. The van der Waals surface area contributed by atoms with Crippen LogP contribution in [0.2, 0.25) is 0 Å². The van der Waals surface area contributed by atoms with Crippen LogP contribution in [0, 0.1) is 6.92 Å². The van der Waals surface area contributed by atoms with E-state index < -0.39 is 0 Å². The minimum atomic E-state index is -0.214. The lowest BCUT2D eigenvalue weighted by Gasteiger charge is -2.25. The van der Waals surface area contributed by atoms with Gasteiger partial charge in [0, 0.05) is 23.2 Å². The largest absolute Gasteiger partial charge is 0.497 e. The lowest BCUT2D eigenvalue weighted by molar-refractivity contribution is -0.118. The number of aromatic nitrogens is 3. The van der Waals surface area contributed by atoms with Crippen molar-refractivity contribution in [2.24, 2.45) is 5.10 Å². The molecule has 1 saturated carbocycles. The van der Waals surface area contributed by atoms with E-state index in [-0.39, 0.29) is 11.7 Å². The van der Waals surface area contributed by atoms with Crippen molar-refractivity contribution in [3.05, 3.63) is 53.6 Å². The van der Waals surface area contributed by atoms with Crippen LogP contribution >= 0.6 is 11.8 Å². The lowest BCUT2D eigenvalue weighted by atomic mass is 9.95. The van der Waals surface area contributed by atoms with Crippen molar-refractivity contribution in [2.75, 3.05) is 20.0 Å². The number of nitrogens with zero attached hydrogens (tertiary/aromatic N) is 4. The van der Waals surface area contributed by atoms with Gasteiger partial charge < -0.3 is 9.47 Å². The molecule has 0 unspecified atom stereocenters. The standard InChI is InChI=1S/C26H31N5O3S/c1-18-9-11-19(12-10-18)25-29-30-26(31(25)21-7-5-4-6-8-21)35-17-24(32)28-27-16-20-13-14-22(33-2)15-23(20)34-3/h9-16,21H,4-8,17H2,1-3H3,(H,28,32). The Hall–Kier alpha value is -3.33. The molecule has 0 spiro atoms. The number of hydrogen-bond donors (Lipinski definition) is 1. The summed E-state index contributed by atoms with van der Waals surface area (Å²) in [5.41, 5.74) is 5.58. The molecule has 2 aromatic carbocycles. The Bertz CT molecular complexity index is 1170. The molecule has 1 aliphatic rings. The van der Waals surface area contributed by atoms with Crippen LogP contribution < -0.4 is 14.9 Å². The second kappa shape index (κ2) is 11.9. The first kappa shape index (κ1) is 24.8. The minimum absolute atomic E-state index is 0.190. The van der Waals surface area contributed by atoms with Gasteiger partial charge in [0.2, 0.25) is 0 Å². The molecule has 35 heavy (non-hydrogen) atoms. The number of hydrogen-bond acceptors (Lipinski definition) is 7. The molecular weight excluding hydrogens is 462 g/mol. The molecule has 1 amide bonds. The summed E-state index contributed by atoms with van der Waals surface area (Å²) < 4.78 is 12.8. The molecular formula is C26H31N5O3S.